The molecule has 3 rings (SSSR count). The van der Waals surface area contributed by atoms with E-state index in [4.69, 9.17) is 5.73 Å². The van der Waals surface area contributed by atoms with E-state index >= 15 is 0 Å². The highest BCUT2D eigenvalue weighted by molar-refractivity contribution is 7.10. The monoisotopic (exact) mass is 274 g/mol. The molecule has 0 bridgehead atoms. The predicted molar refractivity (Wildman–Crippen MR) is 78.7 cm³/mol. The molecule has 3 nitrogen and oxygen atoms in total. The first-order valence-electron chi connectivity index (χ1n) is 6.69. The summed E-state index contributed by atoms with van der Waals surface area (Å²) in [6.45, 7) is 0. The van der Waals surface area contributed by atoms with Gasteiger partial charge in [0.1, 0.15) is 0 Å². The van der Waals surface area contributed by atoms with Crippen LogP contribution in [0.15, 0.2) is 28.4 Å². The fourth-order valence-corrected chi connectivity index (χ4v) is 3.61. The third kappa shape index (κ3) is 2.15. The molecule has 2 heterocycles. The lowest BCUT2D eigenvalue weighted by Gasteiger charge is -2.21. The van der Waals surface area contributed by atoms with Gasteiger partial charge in [-0.2, -0.15) is 0 Å². The summed E-state index contributed by atoms with van der Waals surface area (Å²) in [6.07, 6.45) is 4.46. The van der Waals surface area contributed by atoms with Crippen LogP contribution in [0, 0.1) is 0 Å². The Morgan fingerprint density at radius 3 is 2.89 bits per heavy atom. The molecular formula is C15H18N2OS. The zero-order chi connectivity index (χ0) is 13.4. The molecule has 0 spiro atoms. The first kappa shape index (κ1) is 12.6. The molecule has 1 aliphatic carbocycles. The van der Waals surface area contributed by atoms with Gasteiger partial charge >= 0.3 is 0 Å². The van der Waals surface area contributed by atoms with Crippen LogP contribution in [0.1, 0.15) is 40.6 Å². The van der Waals surface area contributed by atoms with E-state index in [1.54, 1.807) is 15.9 Å². The zero-order valence-electron chi connectivity index (χ0n) is 11.1. The number of pyridine rings is 1. The first-order chi connectivity index (χ1) is 9.18. The quantitative estimate of drug-likeness (QED) is 0.914. The van der Waals surface area contributed by atoms with Crippen molar-refractivity contribution in [3.05, 3.63) is 55.6 Å². The second-order valence-corrected chi connectivity index (χ2v) is 6.12. The van der Waals surface area contributed by atoms with E-state index in [9.17, 15) is 4.79 Å². The fourth-order valence-electron chi connectivity index (χ4n) is 2.86. The lowest BCUT2D eigenvalue weighted by Crippen LogP contribution is -2.31. The minimum atomic E-state index is -0.300. The van der Waals surface area contributed by atoms with Gasteiger partial charge in [0.05, 0.1) is 6.04 Å². The minimum Gasteiger partial charge on any atom is -0.319 e. The molecular weight excluding hydrogens is 256 g/mol. The van der Waals surface area contributed by atoms with E-state index in [2.05, 4.69) is 0 Å². The Balaban J connectivity index is 2.12. The molecule has 0 fully saturated rings. The fraction of sp³-hybridized carbons (Fsp3) is 0.400. The molecule has 0 aromatic carbocycles. The van der Waals surface area contributed by atoms with Gasteiger partial charge in [0.25, 0.3) is 5.56 Å². The first-order valence-corrected chi connectivity index (χ1v) is 7.57. The van der Waals surface area contributed by atoms with E-state index in [0.29, 0.717) is 0 Å². The smallest absolute Gasteiger partial charge is 0.255 e. The minimum absolute atomic E-state index is 0.0570. The number of rotatable bonds is 2. The molecule has 0 saturated heterocycles. The van der Waals surface area contributed by atoms with Crippen LogP contribution in [0.25, 0.3) is 0 Å². The van der Waals surface area contributed by atoms with Gasteiger partial charge < -0.3 is 10.3 Å². The van der Waals surface area contributed by atoms with Crippen LogP contribution >= 0.6 is 11.3 Å². The highest BCUT2D eigenvalue weighted by Crippen LogP contribution is 2.25. The molecule has 19 heavy (non-hydrogen) atoms. The van der Waals surface area contributed by atoms with Gasteiger partial charge in [0.15, 0.2) is 0 Å². The summed E-state index contributed by atoms with van der Waals surface area (Å²) >= 11 is 1.60. The molecule has 0 aliphatic heterocycles. The molecule has 2 aromatic heterocycles. The predicted octanol–water partition coefficient (Wildman–Crippen LogP) is 2.37. The summed E-state index contributed by atoms with van der Waals surface area (Å²) < 4.78 is 1.80. The number of nitrogens with zero attached hydrogens (tertiary/aromatic N) is 1. The number of hydrogen-bond donors (Lipinski definition) is 1. The maximum atomic E-state index is 12.5. The SMILES string of the molecule is Cn1c2c(cc(C(N)c3cccs3)c1=O)CCCC2. The van der Waals surface area contributed by atoms with Crippen molar-refractivity contribution in [2.75, 3.05) is 0 Å². The van der Waals surface area contributed by atoms with Gasteiger partial charge in [0, 0.05) is 23.2 Å². The molecule has 2 N–H and O–H groups in total. The molecule has 0 radical (unpaired) electrons. The molecule has 1 unspecified atom stereocenters. The standard InChI is InChI=1S/C15H18N2OS/c1-17-12-6-3-2-5-10(12)9-11(15(17)18)14(16)13-7-4-8-19-13/h4,7-9,14H,2-3,5-6,16H2,1H3. The second kappa shape index (κ2) is 4.94. The lowest BCUT2D eigenvalue weighted by atomic mass is 9.93. The van der Waals surface area contributed by atoms with Crippen molar-refractivity contribution in [1.29, 1.82) is 0 Å². The summed E-state index contributed by atoms with van der Waals surface area (Å²) in [5, 5.41) is 2.00. The van der Waals surface area contributed by atoms with Crippen molar-refractivity contribution in [3.8, 4) is 0 Å². The summed E-state index contributed by atoms with van der Waals surface area (Å²) in [7, 11) is 1.87. The molecule has 4 heteroatoms. The average molecular weight is 274 g/mol. The Morgan fingerprint density at radius 2 is 2.16 bits per heavy atom. The highest BCUT2D eigenvalue weighted by Gasteiger charge is 2.20. The number of nitrogens with two attached hydrogens (primary N) is 1. The van der Waals surface area contributed by atoms with Gasteiger partial charge in [-0.25, -0.2) is 0 Å². The van der Waals surface area contributed by atoms with Crippen LogP contribution in [-0.2, 0) is 19.9 Å². The normalized spacial score (nSPS) is 16.1. The average Bonchev–Trinajstić information content (AvgIpc) is 2.96. The second-order valence-electron chi connectivity index (χ2n) is 5.14. The number of aryl methyl sites for hydroxylation is 1. The number of fused-ring (bicyclic) bond motifs is 1. The Labute approximate surface area is 116 Å². The zero-order valence-corrected chi connectivity index (χ0v) is 11.9. The highest BCUT2D eigenvalue weighted by atomic mass is 32.1. The van der Waals surface area contributed by atoms with E-state index in [1.165, 1.54) is 24.1 Å². The van der Waals surface area contributed by atoms with Crippen LogP contribution in [0.4, 0.5) is 0 Å². The van der Waals surface area contributed by atoms with Crippen molar-refractivity contribution in [2.24, 2.45) is 12.8 Å². The van der Waals surface area contributed by atoms with Crippen LogP contribution in [0.3, 0.4) is 0 Å². The maximum Gasteiger partial charge on any atom is 0.255 e. The van der Waals surface area contributed by atoms with Crippen molar-refractivity contribution in [1.82, 2.24) is 4.57 Å². The van der Waals surface area contributed by atoms with Gasteiger partial charge in [-0.15, -0.1) is 11.3 Å². The molecule has 0 saturated carbocycles. The summed E-state index contributed by atoms with van der Waals surface area (Å²) in [5.74, 6) is 0. The van der Waals surface area contributed by atoms with Gasteiger partial charge in [-0.3, -0.25) is 4.79 Å². The summed E-state index contributed by atoms with van der Waals surface area (Å²) in [6, 6.07) is 5.71. The van der Waals surface area contributed by atoms with E-state index in [0.717, 1.165) is 23.3 Å². The molecule has 1 aliphatic rings. The molecule has 1 atom stereocenters. The largest absolute Gasteiger partial charge is 0.319 e. The van der Waals surface area contributed by atoms with Crippen LogP contribution in [-0.4, -0.2) is 4.57 Å². The van der Waals surface area contributed by atoms with Crippen LogP contribution in [0.5, 0.6) is 0 Å². The third-order valence-electron chi connectivity index (χ3n) is 3.95. The van der Waals surface area contributed by atoms with Crippen LogP contribution in [0.2, 0.25) is 0 Å². The van der Waals surface area contributed by atoms with Crippen molar-refractivity contribution in [3.63, 3.8) is 0 Å². The molecule has 100 valence electrons. The van der Waals surface area contributed by atoms with E-state index in [-0.39, 0.29) is 11.6 Å². The van der Waals surface area contributed by atoms with Crippen molar-refractivity contribution >= 4 is 11.3 Å². The van der Waals surface area contributed by atoms with Gasteiger partial charge in [0.2, 0.25) is 0 Å². The van der Waals surface area contributed by atoms with Gasteiger partial charge in [-0.05, 0) is 48.8 Å². The van der Waals surface area contributed by atoms with Crippen molar-refractivity contribution in [2.45, 2.75) is 31.7 Å². The Morgan fingerprint density at radius 1 is 1.37 bits per heavy atom. The van der Waals surface area contributed by atoms with E-state index < -0.39 is 0 Å². The Kier molecular flexibility index (Phi) is 3.29. The maximum absolute atomic E-state index is 12.5. The summed E-state index contributed by atoms with van der Waals surface area (Å²) in [5.41, 5.74) is 9.54. The number of aromatic nitrogens is 1. The number of hydrogen-bond acceptors (Lipinski definition) is 3. The Hall–Kier alpha value is -1.39. The topological polar surface area (TPSA) is 48.0 Å². The molecule has 2 aromatic rings. The third-order valence-corrected chi connectivity index (χ3v) is 4.91. The van der Waals surface area contributed by atoms with Crippen molar-refractivity contribution < 1.29 is 0 Å². The van der Waals surface area contributed by atoms with E-state index in [1.807, 2.05) is 30.6 Å². The van der Waals surface area contributed by atoms with Gasteiger partial charge in [-0.1, -0.05) is 6.07 Å². The Bertz CT molecular complexity index is 643. The summed E-state index contributed by atoms with van der Waals surface area (Å²) in [4.78, 5) is 13.5. The van der Waals surface area contributed by atoms with Crippen LogP contribution < -0.4 is 11.3 Å². The molecule has 0 amide bonds. The number of thiophene rings is 1. The lowest BCUT2D eigenvalue weighted by molar-refractivity contribution is 0.615.